The Balaban J connectivity index is 3.20. The van der Waals surface area contributed by atoms with Crippen LogP contribution < -0.4 is 59.7 Å². The number of likely N-dealkylation sites (tertiary alicyclic amines) is 1. The first-order valence-corrected chi connectivity index (χ1v) is 23.5. The Kier molecular flexibility index (Phi) is 26.9. The molecule has 0 saturated carbocycles. The quantitative estimate of drug-likeness (QED) is 0.0188. The maximum atomic E-state index is 14.1. The Bertz CT molecular complexity index is 1840. The van der Waals surface area contributed by atoms with E-state index in [1.807, 2.05) is 0 Å². The zero-order valence-corrected chi connectivity index (χ0v) is 41.7. The first-order valence-electron chi connectivity index (χ1n) is 23.5. The van der Waals surface area contributed by atoms with Crippen LogP contribution in [0.15, 0.2) is 4.99 Å². The molecule has 69 heavy (non-hydrogen) atoms. The van der Waals surface area contributed by atoms with Crippen LogP contribution >= 0.6 is 0 Å². The molecule has 14 N–H and O–H groups in total. The molecule has 7 atom stereocenters. The van der Waals surface area contributed by atoms with E-state index in [1.54, 1.807) is 48.5 Å². The lowest BCUT2D eigenvalue weighted by Crippen LogP contribution is -2.60. The van der Waals surface area contributed by atoms with Gasteiger partial charge in [-0.15, -0.1) is 0 Å². The van der Waals surface area contributed by atoms with E-state index in [0.29, 0.717) is 25.8 Å². The maximum absolute atomic E-state index is 14.1. The molecule has 1 aliphatic heterocycles. The summed E-state index contributed by atoms with van der Waals surface area (Å²) in [4.78, 5) is 150. The fourth-order valence-electron chi connectivity index (χ4n) is 7.15. The number of carbonyl (C=O) groups excluding carboxylic acids is 11. The van der Waals surface area contributed by atoms with Gasteiger partial charge in [-0.05, 0) is 63.2 Å². The summed E-state index contributed by atoms with van der Waals surface area (Å²) in [6.07, 6.45) is 1.24. The van der Waals surface area contributed by atoms with Gasteiger partial charge in [0, 0.05) is 40.0 Å². The van der Waals surface area contributed by atoms with Gasteiger partial charge >= 0.3 is 0 Å². The van der Waals surface area contributed by atoms with Gasteiger partial charge in [0.05, 0.1) is 19.6 Å². The molecule has 1 rings (SSSR count). The molecule has 0 unspecified atom stereocenters. The van der Waals surface area contributed by atoms with Crippen LogP contribution in [0.2, 0.25) is 0 Å². The molecule has 11 amide bonds. The number of nitrogens with two attached hydrogens (primary N) is 3. The van der Waals surface area contributed by atoms with Gasteiger partial charge in [-0.2, -0.15) is 0 Å². The van der Waals surface area contributed by atoms with Gasteiger partial charge in [0.15, 0.2) is 5.96 Å². The van der Waals surface area contributed by atoms with Crippen molar-refractivity contribution in [2.24, 2.45) is 39.9 Å². The molecule has 1 fully saturated rings. The van der Waals surface area contributed by atoms with E-state index in [4.69, 9.17) is 17.2 Å². The molecule has 0 radical (unpaired) electrons. The molecule has 1 heterocycles. The zero-order chi connectivity index (χ0) is 52.5. The van der Waals surface area contributed by atoms with E-state index in [1.165, 1.54) is 18.9 Å². The van der Waals surface area contributed by atoms with Crippen molar-refractivity contribution >= 4 is 70.9 Å². The molecule has 25 heteroatoms. The molecule has 0 bridgehead atoms. The molecule has 0 aromatic rings. The summed E-state index contributed by atoms with van der Waals surface area (Å²) < 4.78 is 0. The number of primary amides is 1. The maximum Gasteiger partial charge on any atom is 0.245 e. The van der Waals surface area contributed by atoms with E-state index in [0.717, 1.165) is 4.90 Å². The average Bonchev–Trinajstić information content (AvgIpc) is 3.77. The summed E-state index contributed by atoms with van der Waals surface area (Å²) in [7, 11) is 1.42. The average molecular weight is 979 g/mol. The minimum atomic E-state index is -1.43. The van der Waals surface area contributed by atoms with Gasteiger partial charge in [-0.3, -0.25) is 57.7 Å². The normalized spacial score (nSPS) is 15.8. The fourth-order valence-corrected chi connectivity index (χ4v) is 7.15. The summed E-state index contributed by atoms with van der Waals surface area (Å²) in [5.74, 6) is -8.45. The Morgan fingerprint density at radius 2 is 1.30 bits per heavy atom. The lowest BCUT2D eigenvalue weighted by molar-refractivity contribution is -0.142. The van der Waals surface area contributed by atoms with Crippen LogP contribution in [0.5, 0.6) is 0 Å². The number of guanidine groups is 1. The SMILES string of the molecule is CCNC(=O)[C@@H]1CCCN1C(=O)[C@H](CCCN=C(N)N)NC(=O)[C@@H](NC(=O)[C@H](CCC(N)=O)NC(=O)CNC(=O)[C@@H](CC(C)C)NC(=O)[C@@H](NC(=O)CNC(=O)CN(C)C(C)=O)C(C)C)[C@@H](C)CC. The monoisotopic (exact) mass is 979 g/mol. The van der Waals surface area contributed by atoms with Gasteiger partial charge in [-0.1, -0.05) is 48.0 Å². The highest BCUT2D eigenvalue weighted by Crippen LogP contribution is 2.20. The van der Waals surface area contributed by atoms with E-state index in [2.05, 4.69) is 47.5 Å². The third-order valence-electron chi connectivity index (χ3n) is 11.3. The molecule has 0 aromatic heterocycles. The van der Waals surface area contributed by atoms with Gasteiger partial charge < -0.3 is 69.5 Å². The third kappa shape index (κ3) is 22.4. The minimum absolute atomic E-state index is 0.0880. The summed E-state index contributed by atoms with van der Waals surface area (Å²) in [5.41, 5.74) is 16.3. The first-order chi connectivity index (χ1) is 32.3. The van der Waals surface area contributed by atoms with Crippen molar-refractivity contribution in [2.45, 2.75) is 143 Å². The fraction of sp³-hybridized carbons (Fsp3) is 0.727. The number of nitrogens with one attached hydrogen (secondary N) is 8. The number of hydrogen-bond acceptors (Lipinski definition) is 12. The first kappa shape index (κ1) is 60.5. The second kappa shape index (κ2) is 30.7. The molecule has 390 valence electrons. The van der Waals surface area contributed by atoms with Crippen LogP contribution in [0, 0.1) is 17.8 Å². The van der Waals surface area contributed by atoms with Crippen LogP contribution in [0.25, 0.3) is 0 Å². The lowest BCUT2D eigenvalue weighted by Gasteiger charge is -2.31. The Morgan fingerprint density at radius 3 is 1.87 bits per heavy atom. The number of likely N-dealkylation sites (N-methyl/N-ethyl adjacent to an activating group) is 2. The van der Waals surface area contributed by atoms with Crippen molar-refractivity contribution in [2.75, 3.05) is 46.3 Å². The van der Waals surface area contributed by atoms with Gasteiger partial charge in [0.2, 0.25) is 65.0 Å². The predicted molar refractivity (Wildman–Crippen MR) is 254 cm³/mol. The molecule has 0 aromatic carbocycles. The van der Waals surface area contributed by atoms with Crippen molar-refractivity contribution in [1.82, 2.24) is 52.3 Å². The van der Waals surface area contributed by atoms with E-state index < -0.39 is 114 Å². The van der Waals surface area contributed by atoms with Crippen molar-refractivity contribution in [1.29, 1.82) is 0 Å². The molecule has 1 saturated heterocycles. The highest BCUT2D eigenvalue weighted by atomic mass is 16.2. The van der Waals surface area contributed by atoms with Crippen molar-refractivity contribution in [3.05, 3.63) is 0 Å². The molecule has 0 spiro atoms. The molecule has 1 aliphatic rings. The standard InChI is InChI=1S/C44H78N14O11/c1-10-26(7)37(42(68)53-29(14-12-18-49-44(46)47)43(69)58-19-13-15-31(58)40(66)48-11-2)56-39(65)28(16-17-32(45)60)52-33(61)22-51-38(64)30(20-24(3)4)54-41(67)36(25(5)6)55-34(62)21-50-35(63)23-57(9)27(8)59/h24-26,28-31,36-37H,10-23H2,1-9H3,(H2,45,60)(H,48,66)(H,50,63)(H,51,64)(H,52,61)(H,53,68)(H,54,67)(H,55,62)(H,56,65)(H4,46,47,49)/t26-,28-,29-,30+,31-,36-,37-/m0/s1. The lowest BCUT2D eigenvalue weighted by atomic mass is 9.96. The summed E-state index contributed by atoms with van der Waals surface area (Å²) >= 11 is 0. The van der Waals surface area contributed by atoms with Crippen molar-refractivity contribution in [3.8, 4) is 0 Å². The van der Waals surface area contributed by atoms with Crippen LogP contribution in [0.3, 0.4) is 0 Å². The third-order valence-corrected chi connectivity index (χ3v) is 11.3. The summed E-state index contributed by atoms with van der Waals surface area (Å²) in [5, 5.41) is 20.7. The van der Waals surface area contributed by atoms with Crippen molar-refractivity contribution in [3.63, 3.8) is 0 Å². The van der Waals surface area contributed by atoms with E-state index in [-0.39, 0.29) is 75.4 Å². The van der Waals surface area contributed by atoms with Crippen LogP contribution in [-0.4, -0.2) is 163 Å². The molecular weight excluding hydrogens is 901 g/mol. The number of nitrogens with zero attached hydrogens (tertiary/aromatic N) is 3. The van der Waals surface area contributed by atoms with Gasteiger partial charge in [0.25, 0.3) is 0 Å². The highest BCUT2D eigenvalue weighted by Gasteiger charge is 2.39. The molecule has 25 nitrogen and oxygen atoms in total. The zero-order valence-electron chi connectivity index (χ0n) is 41.7. The highest BCUT2D eigenvalue weighted by molar-refractivity contribution is 5.97. The van der Waals surface area contributed by atoms with Crippen molar-refractivity contribution < 1.29 is 52.7 Å². The van der Waals surface area contributed by atoms with Crippen LogP contribution in [0.1, 0.15) is 107 Å². The predicted octanol–water partition coefficient (Wildman–Crippen LogP) is -3.68. The number of aliphatic imine (C=N–C) groups is 1. The topological polar surface area (TPSA) is 381 Å². The van der Waals surface area contributed by atoms with Crippen LogP contribution in [0.4, 0.5) is 0 Å². The van der Waals surface area contributed by atoms with Gasteiger partial charge in [-0.25, -0.2) is 0 Å². The number of rotatable bonds is 30. The molecular formula is C44H78N14O11. The second-order valence-corrected chi connectivity index (χ2v) is 17.9. The Morgan fingerprint density at radius 1 is 0.696 bits per heavy atom. The summed E-state index contributed by atoms with van der Waals surface area (Å²) in [6, 6.07) is -6.87. The number of hydrogen-bond donors (Lipinski definition) is 11. The smallest absolute Gasteiger partial charge is 0.245 e. The molecule has 0 aliphatic carbocycles. The summed E-state index contributed by atoms with van der Waals surface area (Å²) in [6.45, 7) is 12.8. The Hall–Kier alpha value is -6.56. The van der Waals surface area contributed by atoms with E-state index >= 15 is 0 Å². The minimum Gasteiger partial charge on any atom is -0.370 e. The largest absolute Gasteiger partial charge is 0.370 e. The second-order valence-electron chi connectivity index (χ2n) is 17.9. The number of amides is 11. The number of carbonyl (C=O) groups is 11. The Labute approximate surface area is 404 Å². The van der Waals surface area contributed by atoms with Crippen LogP contribution in [-0.2, 0) is 52.7 Å². The van der Waals surface area contributed by atoms with E-state index in [9.17, 15) is 52.7 Å². The van der Waals surface area contributed by atoms with Gasteiger partial charge in [0.1, 0.15) is 36.3 Å².